The molecule has 2 aromatic rings. The van der Waals surface area contributed by atoms with Crippen LogP contribution in [0.15, 0.2) is 42.5 Å². The van der Waals surface area contributed by atoms with E-state index in [4.69, 9.17) is 11.6 Å². The monoisotopic (exact) mass is 331 g/mol. The van der Waals surface area contributed by atoms with Crippen LogP contribution in [0.3, 0.4) is 0 Å². The average Bonchev–Trinajstić information content (AvgIpc) is 2.76. The predicted octanol–water partition coefficient (Wildman–Crippen LogP) is 2.38. The molecule has 3 rings (SSSR count). The van der Waals surface area contributed by atoms with Gasteiger partial charge in [0.15, 0.2) is 0 Å². The molecule has 0 radical (unpaired) electrons. The fraction of sp³-hybridized carbons (Fsp3) is 0. The Morgan fingerprint density at radius 3 is 2.26 bits per heavy atom. The van der Waals surface area contributed by atoms with Crippen molar-refractivity contribution in [3.63, 3.8) is 0 Å². The van der Waals surface area contributed by atoms with Gasteiger partial charge in [-0.15, -0.1) is 0 Å². The first kappa shape index (κ1) is 14.9. The lowest BCUT2D eigenvalue weighted by atomic mass is 10.1. The largest absolute Gasteiger partial charge is 0.506 e. The number of imide groups is 1. The molecule has 8 heteroatoms. The molecule has 0 aromatic heterocycles. The molecule has 1 aliphatic rings. The van der Waals surface area contributed by atoms with Crippen LogP contribution in [0.4, 0.5) is 10.5 Å². The third-order valence-electron chi connectivity index (χ3n) is 3.21. The van der Waals surface area contributed by atoms with Gasteiger partial charge in [0.05, 0.1) is 16.8 Å². The number of hydrogen-bond acceptors (Lipinski definition) is 4. The number of nitrogens with zero attached hydrogens (tertiary/aromatic N) is 1. The minimum Gasteiger partial charge on any atom is -0.506 e. The van der Waals surface area contributed by atoms with Crippen LogP contribution in [0.2, 0.25) is 5.02 Å². The molecule has 23 heavy (non-hydrogen) atoms. The van der Waals surface area contributed by atoms with Crippen LogP contribution in [0.5, 0.6) is 5.75 Å². The molecule has 3 N–H and O–H groups in total. The summed E-state index contributed by atoms with van der Waals surface area (Å²) in [5.41, 5.74) is 2.62. The number of amides is 4. The first-order chi connectivity index (χ1) is 11.0. The van der Waals surface area contributed by atoms with Crippen LogP contribution < -0.4 is 10.7 Å². The molecule has 7 nitrogen and oxygen atoms in total. The number of hydrazine groups is 1. The van der Waals surface area contributed by atoms with Crippen LogP contribution in [0.1, 0.15) is 20.7 Å². The van der Waals surface area contributed by atoms with Crippen molar-refractivity contribution in [3.8, 4) is 5.75 Å². The first-order valence-corrected chi connectivity index (χ1v) is 6.89. The molecule has 2 aromatic carbocycles. The number of halogens is 1. The van der Waals surface area contributed by atoms with Crippen LogP contribution >= 0.6 is 11.6 Å². The lowest BCUT2D eigenvalue weighted by Crippen LogP contribution is -2.47. The number of fused-ring (bicyclic) bond motifs is 1. The Hall–Kier alpha value is -3.06. The second-order valence-corrected chi connectivity index (χ2v) is 5.16. The maximum Gasteiger partial charge on any atom is 0.338 e. The molecule has 0 unspecified atom stereocenters. The highest BCUT2D eigenvalue weighted by Gasteiger charge is 2.36. The molecule has 1 aliphatic heterocycles. The Labute approximate surface area is 135 Å². The number of nitrogens with one attached hydrogen (secondary N) is 2. The second-order valence-electron chi connectivity index (χ2n) is 4.72. The molecule has 1 heterocycles. The number of phenols is 1. The van der Waals surface area contributed by atoms with Gasteiger partial charge in [-0.05, 0) is 30.3 Å². The topological polar surface area (TPSA) is 98.7 Å². The number of aromatic hydroxyl groups is 1. The van der Waals surface area contributed by atoms with Gasteiger partial charge in [-0.2, -0.15) is 5.01 Å². The number of urea groups is 1. The van der Waals surface area contributed by atoms with Gasteiger partial charge in [0, 0.05) is 5.02 Å². The zero-order valence-electron chi connectivity index (χ0n) is 11.5. The number of carbonyl (C=O) groups excluding carboxylic acids is 3. The van der Waals surface area contributed by atoms with Crippen molar-refractivity contribution in [2.24, 2.45) is 0 Å². The highest BCUT2D eigenvalue weighted by Crippen LogP contribution is 2.26. The standard InChI is InChI=1S/C15H10ClN3O4/c16-8-5-6-12(20)11(7-8)17-15(23)18-19-13(21)9-3-1-2-4-10(9)14(19)22/h1-7,20H,(H2,17,18,23). The van der Waals surface area contributed by atoms with E-state index < -0.39 is 17.8 Å². The van der Waals surface area contributed by atoms with Gasteiger partial charge in [0.25, 0.3) is 11.8 Å². The van der Waals surface area contributed by atoms with E-state index in [1.165, 1.54) is 30.3 Å². The zero-order valence-corrected chi connectivity index (χ0v) is 12.3. The summed E-state index contributed by atoms with van der Waals surface area (Å²) in [6.45, 7) is 0. The number of benzene rings is 2. The SMILES string of the molecule is O=C(Nc1cc(Cl)ccc1O)NN1C(=O)c2ccccc2C1=O. The van der Waals surface area contributed by atoms with Crippen LogP contribution in [0.25, 0.3) is 0 Å². The Morgan fingerprint density at radius 1 is 1.04 bits per heavy atom. The van der Waals surface area contributed by atoms with Crippen molar-refractivity contribution < 1.29 is 19.5 Å². The Bertz CT molecular complexity index is 802. The Balaban J connectivity index is 1.76. The summed E-state index contributed by atoms with van der Waals surface area (Å²) < 4.78 is 0. The predicted molar refractivity (Wildman–Crippen MR) is 82.2 cm³/mol. The lowest BCUT2D eigenvalue weighted by Gasteiger charge is -2.16. The summed E-state index contributed by atoms with van der Waals surface area (Å²) in [4.78, 5) is 36.2. The van der Waals surface area contributed by atoms with E-state index in [1.807, 2.05) is 0 Å². The normalized spacial score (nSPS) is 13.0. The molecule has 0 bridgehead atoms. The third-order valence-corrected chi connectivity index (χ3v) is 3.45. The number of hydrogen-bond donors (Lipinski definition) is 3. The minimum absolute atomic E-state index is 0.0478. The van der Waals surface area contributed by atoms with Crippen LogP contribution in [0, 0.1) is 0 Å². The Morgan fingerprint density at radius 2 is 1.65 bits per heavy atom. The van der Waals surface area contributed by atoms with E-state index in [0.717, 1.165) is 0 Å². The van der Waals surface area contributed by atoms with E-state index in [1.54, 1.807) is 12.1 Å². The zero-order chi connectivity index (χ0) is 16.6. The van der Waals surface area contributed by atoms with E-state index in [2.05, 4.69) is 10.7 Å². The first-order valence-electron chi connectivity index (χ1n) is 6.51. The summed E-state index contributed by atoms with van der Waals surface area (Å²) in [5, 5.41) is 12.9. The van der Waals surface area contributed by atoms with Crippen LogP contribution in [-0.4, -0.2) is 28.0 Å². The minimum atomic E-state index is -0.864. The Kier molecular flexibility index (Phi) is 3.63. The van der Waals surface area contributed by atoms with Gasteiger partial charge < -0.3 is 10.4 Å². The molecule has 0 saturated carbocycles. The number of rotatable bonds is 2. The number of phenolic OH excluding ortho intramolecular Hbond substituents is 1. The summed E-state index contributed by atoms with van der Waals surface area (Å²) in [6.07, 6.45) is 0. The van der Waals surface area contributed by atoms with Gasteiger partial charge in [-0.3, -0.25) is 9.59 Å². The molecule has 4 amide bonds. The van der Waals surface area contributed by atoms with Crippen molar-refractivity contribution in [2.75, 3.05) is 5.32 Å². The quantitative estimate of drug-likeness (QED) is 0.581. The number of carbonyl (C=O) groups is 3. The van der Waals surface area contributed by atoms with Crippen molar-refractivity contribution in [1.82, 2.24) is 10.4 Å². The molecule has 0 spiro atoms. The fourth-order valence-electron chi connectivity index (χ4n) is 2.15. The van der Waals surface area contributed by atoms with Gasteiger partial charge in [0.2, 0.25) is 0 Å². The second kappa shape index (κ2) is 5.62. The summed E-state index contributed by atoms with van der Waals surface area (Å²) in [7, 11) is 0. The van der Waals surface area contributed by atoms with Crippen molar-refractivity contribution in [3.05, 3.63) is 58.6 Å². The van der Waals surface area contributed by atoms with E-state index in [-0.39, 0.29) is 22.6 Å². The highest BCUT2D eigenvalue weighted by molar-refractivity contribution is 6.31. The fourth-order valence-corrected chi connectivity index (χ4v) is 2.32. The highest BCUT2D eigenvalue weighted by atomic mass is 35.5. The molecular formula is C15H10ClN3O4. The summed E-state index contributed by atoms with van der Waals surface area (Å²) >= 11 is 5.78. The van der Waals surface area contributed by atoms with Gasteiger partial charge in [0.1, 0.15) is 5.75 Å². The molecule has 0 atom stereocenters. The van der Waals surface area contributed by atoms with Crippen molar-refractivity contribution in [2.45, 2.75) is 0 Å². The third kappa shape index (κ3) is 2.69. The van der Waals surface area contributed by atoms with Crippen molar-refractivity contribution >= 4 is 35.1 Å². The lowest BCUT2D eigenvalue weighted by molar-refractivity contribution is 0.0592. The molecular weight excluding hydrogens is 322 g/mol. The number of anilines is 1. The maximum absolute atomic E-state index is 12.1. The maximum atomic E-state index is 12.1. The molecule has 0 saturated heterocycles. The molecule has 116 valence electrons. The molecule has 0 aliphatic carbocycles. The summed E-state index contributed by atoms with van der Waals surface area (Å²) in [6, 6.07) is 9.46. The van der Waals surface area contributed by atoms with E-state index in [9.17, 15) is 19.5 Å². The average molecular weight is 332 g/mol. The smallest absolute Gasteiger partial charge is 0.338 e. The van der Waals surface area contributed by atoms with Gasteiger partial charge in [-0.25, -0.2) is 10.2 Å². The van der Waals surface area contributed by atoms with Crippen LogP contribution in [-0.2, 0) is 0 Å². The van der Waals surface area contributed by atoms with E-state index in [0.29, 0.717) is 10.0 Å². The summed E-state index contributed by atoms with van der Waals surface area (Å²) in [5.74, 6) is -1.46. The van der Waals surface area contributed by atoms with Gasteiger partial charge >= 0.3 is 6.03 Å². The molecule has 0 fully saturated rings. The van der Waals surface area contributed by atoms with Crippen molar-refractivity contribution in [1.29, 1.82) is 0 Å². The van der Waals surface area contributed by atoms with Gasteiger partial charge in [-0.1, -0.05) is 23.7 Å². The van der Waals surface area contributed by atoms with E-state index >= 15 is 0 Å².